The topological polar surface area (TPSA) is 89.9 Å². The number of rotatable bonds is 5. The molecule has 0 spiro atoms. The second-order valence-electron chi connectivity index (χ2n) is 5.80. The van der Waals surface area contributed by atoms with E-state index in [9.17, 15) is 18.3 Å². The van der Waals surface area contributed by atoms with Crippen molar-refractivity contribution in [3.63, 3.8) is 0 Å². The quantitative estimate of drug-likeness (QED) is 0.880. The molecule has 25 heavy (non-hydrogen) atoms. The van der Waals surface area contributed by atoms with Gasteiger partial charge in [-0.15, -0.1) is 0 Å². The SMILES string of the molecule is O=C(O)C1(S(=O)(=O)c2ccc(Oc3ccccc3)cc2)CCOCC1. The van der Waals surface area contributed by atoms with Crippen molar-refractivity contribution in [2.45, 2.75) is 22.5 Å². The first-order valence-corrected chi connectivity index (χ1v) is 9.33. The molecule has 0 saturated carbocycles. The van der Waals surface area contributed by atoms with Crippen molar-refractivity contribution in [2.75, 3.05) is 13.2 Å². The summed E-state index contributed by atoms with van der Waals surface area (Å²) in [5, 5.41) is 9.58. The molecule has 0 bridgehead atoms. The molecular formula is C18H18O6S. The zero-order valence-electron chi connectivity index (χ0n) is 13.4. The summed E-state index contributed by atoms with van der Waals surface area (Å²) >= 11 is 0. The van der Waals surface area contributed by atoms with E-state index in [1.807, 2.05) is 18.2 Å². The molecule has 0 amide bonds. The van der Waals surface area contributed by atoms with Gasteiger partial charge in [0.1, 0.15) is 11.5 Å². The highest BCUT2D eigenvalue weighted by molar-refractivity contribution is 7.93. The minimum absolute atomic E-state index is 0.0304. The molecule has 2 aromatic rings. The van der Waals surface area contributed by atoms with E-state index in [1.165, 1.54) is 24.3 Å². The third-order valence-electron chi connectivity index (χ3n) is 4.32. The summed E-state index contributed by atoms with van der Waals surface area (Å²) in [4.78, 5) is 11.7. The molecule has 1 N–H and O–H groups in total. The number of sulfone groups is 1. The second-order valence-corrected chi connectivity index (χ2v) is 8.06. The highest BCUT2D eigenvalue weighted by Gasteiger charge is 2.52. The lowest BCUT2D eigenvalue weighted by Crippen LogP contribution is -2.50. The molecule has 2 aromatic carbocycles. The molecule has 0 aromatic heterocycles. The van der Waals surface area contributed by atoms with Gasteiger partial charge in [0.2, 0.25) is 0 Å². The average Bonchev–Trinajstić information content (AvgIpc) is 2.63. The molecular weight excluding hydrogens is 344 g/mol. The van der Waals surface area contributed by atoms with E-state index >= 15 is 0 Å². The number of carboxylic acid groups (broad SMARTS) is 1. The van der Waals surface area contributed by atoms with E-state index in [0.29, 0.717) is 11.5 Å². The molecule has 6 nitrogen and oxygen atoms in total. The lowest BCUT2D eigenvalue weighted by atomic mass is 9.99. The highest BCUT2D eigenvalue weighted by Crippen LogP contribution is 2.36. The van der Waals surface area contributed by atoms with Crippen molar-refractivity contribution >= 4 is 15.8 Å². The number of hydrogen-bond donors (Lipinski definition) is 1. The molecule has 1 saturated heterocycles. The Kier molecular flexibility index (Phi) is 4.78. The van der Waals surface area contributed by atoms with Gasteiger partial charge in [-0.3, -0.25) is 4.79 Å². The van der Waals surface area contributed by atoms with E-state index in [1.54, 1.807) is 12.1 Å². The number of carboxylic acids is 1. The van der Waals surface area contributed by atoms with Crippen LogP contribution >= 0.6 is 0 Å². The third-order valence-corrected chi connectivity index (χ3v) is 6.82. The fraction of sp³-hybridized carbons (Fsp3) is 0.278. The Morgan fingerprint density at radius 3 is 2.08 bits per heavy atom. The number of carbonyl (C=O) groups is 1. The van der Waals surface area contributed by atoms with E-state index in [4.69, 9.17) is 9.47 Å². The summed E-state index contributed by atoms with van der Waals surface area (Å²) in [6, 6.07) is 14.9. The molecule has 0 aliphatic carbocycles. The van der Waals surface area contributed by atoms with E-state index in [-0.39, 0.29) is 31.0 Å². The predicted octanol–water partition coefficient (Wildman–Crippen LogP) is 2.89. The van der Waals surface area contributed by atoms with Gasteiger partial charge >= 0.3 is 5.97 Å². The Morgan fingerprint density at radius 1 is 0.960 bits per heavy atom. The maximum atomic E-state index is 12.9. The van der Waals surface area contributed by atoms with Crippen LogP contribution in [-0.4, -0.2) is 37.5 Å². The summed E-state index contributed by atoms with van der Waals surface area (Å²) < 4.78 is 34.8. The Morgan fingerprint density at radius 2 is 1.52 bits per heavy atom. The van der Waals surface area contributed by atoms with Crippen molar-refractivity contribution in [1.82, 2.24) is 0 Å². The number of aliphatic carboxylic acids is 1. The van der Waals surface area contributed by atoms with Gasteiger partial charge in [-0.2, -0.15) is 0 Å². The van der Waals surface area contributed by atoms with Crippen LogP contribution in [0.15, 0.2) is 59.5 Å². The molecule has 1 fully saturated rings. The van der Waals surface area contributed by atoms with Gasteiger partial charge < -0.3 is 14.6 Å². The first kappa shape index (κ1) is 17.4. The lowest BCUT2D eigenvalue weighted by molar-refractivity contribution is -0.142. The van der Waals surface area contributed by atoms with Crippen LogP contribution in [0.25, 0.3) is 0 Å². The Hall–Kier alpha value is -2.38. The largest absolute Gasteiger partial charge is 0.480 e. The van der Waals surface area contributed by atoms with Crippen LogP contribution in [0.4, 0.5) is 0 Å². The zero-order valence-corrected chi connectivity index (χ0v) is 14.2. The predicted molar refractivity (Wildman–Crippen MR) is 90.6 cm³/mol. The van der Waals surface area contributed by atoms with Gasteiger partial charge in [0.05, 0.1) is 4.90 Å². The van der Waals surface area contributed by atoms with Crippen molar-refractivity contribution < 1.29 is 27.8 Å². The maximum absolute atomic E-state index is 12.9. The molecule has 1 heterocycles. The molecule has 132 valence electrons. The number of hydrogen-bond acceptors (Lipinski definition) is 5. The normalized spacial score (nSPS) is 17.0. The molecule has 3 rings (SSSR count). The van der Waals surface area contributed by atoms with Crippen molar-refractivity contribution in [2.24, 2.45) is 0 Å². The molecule has 0 radical (unpaired) electrons. The van der Waals surface area contributed by atoms with Crippen LogP contribution in [-0.2, 0) is 19.4 Å². The average molecular weight is 362 g/mol. The van der Waals surface area contributed by atoms with Crippen LogP contribution in [0.1, 0.15) is 12.8 Å². The number of ether oxygens (including phenoxy) is 2. The van der Waals surface area contributed by atoms with Crippen LogP contribution < -0.4 is 4.74 Å². The summed E-state index contributed by atoms with van der Waals surface area (Å²) in [6.07, 6.45) is -0.125. The van der Waals surface area contributed by atoms with Crippen LogP contribution in [0, 0.1) is 0 Å². The van der Waals surface area contributed by atoms with Gasteiger partial charge in [0.25, 0.3) is 0 Å². The fourth-order valence-corrected chi connectivity index (χ4v) is 4.72. The van der Waals surface area contributed by atoms with Gasteiger partial charge in [-0.25, -0.2) is 8.42 Å². The summed E-state index contributed by atoms with van der Waals surface area (Å²) in [5.74, 6) is -0.230. The minimum atomic E-state index is -4.05. The summed E-state index contributed by atoms with van der Waals surface area (Å²) in [6.45, 7) is 0.224. The monoisotopic (exact) mass is 362 g/mol. The maximum Gasteiger partial charge on any atom is 0.325 e. The van der Waals surface area contributed by atoms with E-state index in [2.05, 4.69) is 0 Å². The molecule has 0 unspecified atom stereocenters. The number of para-hydroxylation sites is 1. The van der Waals surface area contributed by atoms with Gasteiger partial charge in [-0.05, 0) is 36.4 Å². The van der Waals surface area contributed by atoms with E-state index < -0.39 is 20.6 Å². The first-order valence-electron chi connectivity index (χ1n) is 7.84. The Balaban J connectivity index is 1.88. The molecule has 7 heteroatoms. The van der Waals surface area contributed by atoms with Crippen LogP contribution in [0.3, 0.4) is 0 Å². The standard InChI is InChI=1S/C18H18O6S/c19-17(20)18(10-12-23-13-11-18)25(21,22)16-8-6-15(7-9-16)24-14-4-2-1-3-5-14/h1-9H,10-13H2,(H,19,20). The minimum Gasteiger partial charge on any atom is -0.480 e. The Labute approximate surface area is 145 Å². The van der Waals surface area contributed by atoms with E-state index in [0.717, 1.165) is 0 Å². The van der Waals surface area contributed by atoms with Gasteiger partial charge in [0.15, 0.2) is 14.6 Å². The summed E-state index contributed by atoms with van der Waals surface area (Å²) in [5.41, 5.74) is 0. The molecule has 1 aliphatic rings. The highest BCUT2D eigenvalue weighted by atomic mass is 32.2. The number of benzene rings is 2. The van der Waals surface area contributed by atoms with Crippen molar-refractivity contribution in [3.8, 4) is 11.5 Å². The third kappa shape index (κ3) is 3.25. The van der Waals surface area contributed by atoms with Crippen molar-refractivity contribution in [3.05, 3.63) is 54.6 Å². The lowest BCUT2D eigenvalue weighted by Gasteiger charge is -2.32. The smallest absolute Gasteiger partial charge is 0.325 e. The van der Waals surface area contributed by atoms with Crippen molar-refractivity contribution in [1.29, 1.82) is 0 Å². The fourth-order valence-electron chi connectivity index (χ4n) is 2.84. The first-order chi connectivity index (χ1) is 12.0. The van der Waals surface area contributed by atoms with Crippen LogP contribution in [0.2, 0.25) is 0 Å². The van der Waals surface area contributed by atoms with Crippen LogP contribution in [0.5, 0.6) is 11.5 Å². The van der Waals surface area contributed by atoms with Gasteiger partial charge in [-0.1, -0.05) is 18.2 Å². The molecule has 0 atom stereocenters. The van der Waals surface area contributed by atoms with Gasteiger partial charge in [0, 0.05) is 26.1 Å². The zero-order chi connectivity index (χ0) is 17.9. The molecule has 1 aliphatic heterocycles. The Bertz CT molecular complexity index is 837. The second kappa shape index (κ2) is 6.85. The summed E-state index contributed by atoms with van der Waals surface area (Å²) in [7, 11) is -4.05.